The number of benzene rings is 1. The van der Waals surface area contributed by atoms with Crippen LogP contribution in [-0.2, 0) is 0 Å². The number of nitrogens with zero attached hydrogens (tertiary/aromatic N) is 5. The lowest BCUT2D eigenvalue weighted by Gasteiger charge is -2.09. The first-order valence-electron chi connectivity index (χ1n) is 8.04. The summed E-state index contributed by atoms with van der Waals surface area (Å²) < 4.78 is 1.51. The second-order valence-electron chi connectivity index (χ2n) is 6.18. The van der Waals surface area contributed by atoms with Crippen LogP contribution in [0.3, 0.4) is 0 Å². The number of carbonyl (C=O) groups excluding carboxylic acids is 1. The molecule has 0 spiro atoms. The van der Waals surface area contributed by atoms with Gasteiger partial charge in [-0.15, -0.1) is 5.10 Å². The van der Waals surface area contributed by atoms with E-state index in [-0.39, 0.29) is 17.4 Å². The standard InChI is InChI=1S/C17H15N7O2/c1-9(2)11-4-6-14-18-13-5-3-10(7-12(13)16(26)24(14)8-11)15(25)19-17-20-22-23-21-17/h3-9H,1-2H3,(H2,19,20,21,22,23,25). The summed E-state index contributed by atoms with van der Waals surface area (Å²) in [5.41, 5.74) is 2.22. The molecule has 1 aromatic carbocycles. The van der Waals surface area contributed by atoms with Gasteiger partial charge in [-0.1, -0.05) is 25.0 Å². The molecular formula is C17H15N7O2. The van der Waals surface area contributed by atoms with E-state index in [1.165, 1.54) is 10.5 Å². The number of H-pyrrole nitrogens is 1. The first-order chi connectivity index (χ1) is 12.5. The molecule has 1 amide bonds. The quantitative estimate of drug-likeness (QED) is 0.544. The molecule has 9 nitrogen and oxygen atoms in total. The maximum atomic E-state index is 12.9. The third kappa shape index (κ3) is 2.69. The minimum Gasteiger partial charge on any atom is -0.288 e. The number of hydrogen-bond donors (Lipinski definition) is 2. The molecule has 0 fully saturated rings. The Hall–Kier alpha value is -3.62. The summed E-state index contributed by atoms with van der Waals surface area (Å²) >= 11 is 0. The Bertz CT molecular complexity index is 1180. The van der Waals surface area contributed by atoms with Crippen molar-refractivity contribution in [2.24, 2.45) is 0 Å². The number of rotatable bonds is 3. The third-order valence-corrected chi connectivity index (χ3v) is 4.13. The molecule has 0 aliphatic carbocycles. The number of aromatic amines is 1. The number of fused-ring (bicyclic) bond motifs is 2. The lowest BCUT2D eigenvalue weighted by atomic mass is 10.1. The smallest absolute Gasteiger partial charge is 0.270 e. The molecule has 0 saturated carbocycles. The monoisotopic (exact) mass is 349 g/mol. The highest BCUT2D eigenvalue weighted by Crippen LogP contribution is 2.17. The number of tetrazole rings is 1. The van der Waals surface area contributed by atoms with Gasteiger partial charge in [-0.05, 0) is 41.0 Å². The molecule has 3 heterocycles. The average molecular weight is 349 g/mol. The van der Waals surface area contributed by atoms with E-state index < -0.39 is 5.91 Å². The predicted octanol–water partition coefficient (Wildman–Crippen LogP) is 1.74. The predicted molar refractivity (Wildman–Crippen MR) is 95.2 cm³/mol. The first kappa shape index (κ1) is 15.9. The molecule has 4 aromatic rings. The minimum atomic E-state index is -0.436. The normalized spacial score (nSPS) is 11.3. The molecule has 2 N–H and O–H groups in total. The average Bonchev–Trinajstić information content (AvgIpc) is 3.14. The van der Waals surface area contributed by atoms with Gasteiger partial charge in [0.2, 0.25) is 0 Å². The Balaban J connectivity index is 1.83. The summed E-state index contributed by atoms with van der Waals surface area (Å²) in [6.07, 6.45) is 1.79. The van der Waals surface area contributed by atoms with Crippen molar-refractivity contribution < 1.29 is 4.79 Å². The highest BCUT2D eigenvalue weighted by Gasteiger charge is 2.13. The Morgan fingerprint density at radius 2 is 2.08 bits per heavy atom. The van der Waals surface area contributed by atoms with Gasteiger partial charge in [0, 0.05) is 11.8 Å². The molecule has 0 atom stereocenters. The van der Waals surface area contributed by atoms with E-state index in [2.05, 4.69) is 44.8 Å². The van der Waals surface area contributed by atoms with Gasteiger partial charge in [0.05, 0.1) is 10.9 Å². The zero-order chi connectivity index (χ0) is 18.3. The molecule has 3 aromatic heterocycles. The Labute approximate surface area is 147 Å². The molecule has 0 unspecified atom stereocenters. The van der Waals surface area contributed by atoms with Gasteiger partial charge >= 0.3 is 0 Å². The Kier molecular flexibility index (Phi) is 3.68. The van der Waals surface area contributed by atoms with E-state index in [4.69, 9.17) is 0 Å². The van der Waals surface area contributed by atoms with Crippen LogP contribution in [0.5, 0.6) is 0 Å². The van der Waals surface area contributed by atoms with Crippen molar-refractivity contribution in [3.8, 4) is 0 Å². The SMILES string of the molecule is CC(C)c1ccc2nc3ccc(C(=O)Nc4nn[nH]n4)cc3c(=O)n2c1. The van der Waals surface area contributed by atoms with Gasteiger partial charge in [0.1, 0.15) is 5.65 Å². The van der Waals surface area contributed by atoms with Crippen LogP contribution in [0.15, 0.2) is 41.3 Å². The number of aromatic nitrogens is 6. The fourth-order valence-corrected chi connectivity index (χ4v) is 2.69. The number of carbonyl (C=O) groups is 1. The van der Waals surface area contributed by atoms with Gasteiger partial charge in [0.15, 0.2) is 0 Å². The van der Waals surface area contributed by atoms with Crippen LogP contribution in [0.25, 0.3) is 16.6 Å². The maximum absolute atomic E-state index is 12.9. The fourth-order valence-electron chi connectivity index (χ4n) is 2.69. The van der Waals surface area contributed by atoms with Crippen LogP contribution in [0.4, 0.5) is 5.95 Å². The Morgan fingerprint density at radius 1 is 1.23 bits per heavy atom. The van der Waals surface area contributed by atoms with Crippen molar-refractivity contribution in [3.05, 3.63) is 58.0 Å². The molecule has 0 aliphatic rings. The second-order valence-corrected chi connectivity index (χ2v) is 6.18. The van der Waals surface area contributed by atoms with Gasteiger partial charge in [-0.2, -0.15) is 5.21 Å². The van der Waals surface area contributed by atoms with E-state index in [0.29, 0.717) is 22.1 Å². The van der Waals surface area contributed by atoms with Crippen LogP contribution in [0, 0.1) is 0 Å². The van der Waals surface area contributed by atoms with Gasteiger partial charge in [-0.3, -0.25) is 19.3 Å². The van der Waals surface area contributed by atoms with Crippen LogP contribution >= 0.6 is 0 Å². The number of nitrogens with one attached hydrogen (secondary N) is 2. The van der Waals surface area contributed by atoms with Gasteiger partial charge in [0.25, 0.3) is 17.4 Å². The van der Waals surface area contributed by atoms with Gasteiger partial charge < -0.3 is 0 Å². The Morgan fingerprint density at radius 3 is 2.81 bits per heavy atom. The lowest BCUT2D eigenvalue weighted by Crippen LogP contribution is -2.18. The van der Waals surface area contributed by atoms with E-state index in [1.807, 2.05) is 12.1 Å². The summed E-state index contributed by atoms with van der Waals surface area (Å²) in [4.78, 5) is 29.7. The number of pyridine rings is 1. The molecule has 0 saturated heterocycles. The molecule has 4 rings (SSSR count). The van der Waals surface area contributed by atoms with E-state index >= 15 is 0 Å². The number of amides is 1. The third-order valence-electron chi connectivity index (χ3n) is 4.13. The van der Waals surface area contributed by atoms with Crippen molar-refractivity contribution in [1.29, 1.82) is 0 Å². The fraction of sp³-hybridized carbons (Fsp3) is 0.176. The zero-order valence-corrected chi connectivity index (χ0v) is 14.1. The zero-order valence-electron chi connectivity index (χ0n) is 14.1. The van der Waals surface area contributed by atoms with Crippen molar-refractivity contribution in [3.63, 3.8) is 0 Å². The van der Waals surface area contributed by atoms with Crippen LogP contribution in [0.1, 0.15) is 35.7 Å². The summed E-state index contributed by atoms with van der Waals surface area (Å²) in [5, 5.41) is 15.8. The highest BCUT2D eigenvalue weighted by atomic mass is 16.2. The molecule has 0 radical (unpaired) electrons. The highest BCUT2D eigenvalue weighted by molar-refractivity contribution is 6.05. The molecular weight excluding hydrogens is 334 g/mol. The summed E-state index contributed by atoms with van der Waals surface area (Å²) in [5.74, 6) is -0.0900. The van der Waals surface area contributed by atoms with Crippen molar-refractivity contribution >= 4 is 28.4 Å². The van der Waals surface area contributed by atoms with Crippen LogP contribution in [-0.4, -0.2) is 35.9 Å². The second kappa shape index (κ2) is 6.03. The van der Waals surface area contributed by atoms with Crippen molar-refractivity contribution in [2.75, 3.05) is 5.32 Å². The molecule has 9 heteroatoms. The van der Waals surface area contributed by atoms with Crippen LogP contribution < -0.4 is 10.9 Å². The minimum absolute atomic E-state index is 0.0602. The van der Waals surface area contributed by atoms with E-state index in [0.717, 1.165) is 5.56 Å². The summed E-state index contributed by atoms with van der Waals surface area (Å²) in [7, 11) is 0. The molecule has 26 heavy (non-hydrogen) atoms. The van der Waals surface area contributed by atoms with E-state index in [1.54, 1.807) is 18.3 Å². The maximum Gasteiger partial charge on any atom is 0.270 e. The first-order valence-corrected chi connectivity index (χ1v) is 8.04. The van der Waals surface area contributed by atoms with Crippen LogP contribution in [0.2, 0.25) is 0 Å². The topological polar surface area (TPSA) is 118 Å². The molecule has 130 valence electrons. The van der Waals surface area contributed by atoms with Crippen molar-refractivity contribution in [2.45, 2.75) is 19.8 Å². The number of hydrogen-bond acceptors (Lipinski definition) is 6. The summed E-state index contributed by atoms with van der Waals surface area (Å²) in [6, 6.07) is 8.56. The summed E-state index contributed by atoms with van der Waals surface area (Å²) in [6.45, 7) is 4.11. The van der Waals surface area contributed by atoms with Gasteiger partial charge in [-0.25, -0.2) is 4.98 Å². The lowest BCUT2D eigenvalue weighted by molar-refractivity contribution is 0.102. The number of anilines is 1. The molecule has 0 aliphatic heterocycles. The molecule has 0 bridgehead atoms. The van der Waals surface area contributed by atoms with Crippen molar-refractivity contribution in [1.82, 2.24) is 30.0 Å². The van der Waals surface area contributed by atoms with E-state index in [9.17, 15) is 9.59 Å². The largest absolute Gasteiger partial charge is 0.288 e.